The minimum Gasteiger partial charge on any atom is -0.496 e. The number of aromatic amines is 1. The number of methoxy groups -OCH3 is 3. The van der Waals surface area contributed by atoms with Gasteiger partial charge in [0.05, 0.1) is 39.1 Å². The Labute approximate surface area is 527 Å². The Morgan fingerprint density at radius 2 is 1.61 bits per heavy atom. The standard InChI is InChI=1S/C46H58N4O9.C23H31Cl2NO3/c1-8-42(54)23-28-24-45(40(52)57-6,36-30(15-19-49(25-28)26-42)29-13-10-11-14-33(29)47-36)32-21-31-34(22-35(32)56-5)48(4)38-44(31)17-20-50-18-12-16-43(9-2,37(44)50)39(59-27(3)51)46(38,55)41(53)58-7;1-23-9-8-18-17-5-3-16(29-22(28)26(12-10-24)13-11-25)14-15(17)2-4-19(18)20(23)6-7-21(23)27/h10-14,16,21-22,28,37-39,47,54-55H,8-9,15,17-20,23-26H2,1-7H3;3,5,14,18-21,27H,2,4,6-13H2,1H3/t28-,37-,38+,39+,42-,43+,44+,45-,46-;18-,19-,20+,21+,23+/m01/s1. The number of carbonyl (C=O) groups is 4. The summed E-state index contributed by atoms with van der Waals surface area (Å²) in [4.78, 5) is 67.1. The first-order valence-corrected chi connectivity index (χ1v) is 33.2. The molecule has 4 N–H and O–H groups in total. The summed E-state index contributed by atoms with van der Waals surface area (Å²) in [5.74, 6) is 1.60. The number of benzene rings is 3. The molecule has 13 rings (SSSR count). The van der Waals surface area contributed by atoms with Gasteiger partial charge < -0.3 is 53.8 Å². The lowest BCUT2D eigenvalue weighted by Crippen LogP contribution is -2.81. The number of aromatic nitrogens is 1. The van der Waals surface area contributed by atoms with E-state index in [1.807, 2.05) is 62.2 Å². The monoisotopic (exact) mass is 1250 g/mol. The largest absolute Gasteiger partial charge is 0.496 e. The number of halogens is 2. The van der Waals surface area contributed by atoms with Crippen molar-refractivity contribution in [2.75, 3.05) is 90.9 Å². The number of alkyl halides is 2. The number of fused-ring (bicyclic) bond motifs is 11. The predicted octanol–water partition coefficient (Wildman–Crippen LogP) is 9.17. The molecule has 19 heteroatoms. The van der Waals surface area contributed by atoms with Gasteiger partial charge in [0.15, 0.2) is 6.10 Å². The summed E-state index contributed by atoms with van der Waals surface area (Å²) in [6, 6.07) is 17.1. The molecule has 3 aromatic carbocycles. The van der Waals surface area contributed by atoms with Gasteiger partial charge in [0.1, 0.15) is 16.9 Å². The fourth-order valence-electron chi connectivity index (χ4n) is 19.8. The van der Waals surface area contributed by atoms with Crippen molar-refractivity contribution in [2.45, 2.75) is 157 Å². The van der Waals surface area contributed by atoms with E-state index in [4.69, 9.17) is 46.9 Å². The number of para-hydroxylation sites is 1. The van der Waals surface area contributed by atoms with Crippen LogP contribution in [-0.2, 0) is 52.3 Å². The topological polar surface area (TPSA) is 204 Å². The number of piperidine rings is 1. The van der Waals surface area contributed by atoms with Crippen molar-refractivity contribution in [3.8, 4) is 11.5 Å². The second-order valence-electron chi connectivity index (χ2n) is 27.4. The van der Waals surface area contributed by atoms with Gasteiger partial charge in [-0.15, -0.1) is 23.2 Å². The number of H-pyrrole nitrogens is 1. The lowest BCUT2D eigenvalue weighted by Gasteiger charge is -2.63. The molecule has 476 valence electrons. The minimum atomic E-state index is -2.30. The maximum Gasteiger partial charge on any atom is 0.415 e. The van der Waals surface area contributed by atoms with Crippen molar-refractivity contribution < 1.29 is 58.2 Å². The molecule has 3 saturated carbocycles. The molecule has 88 heavy (non-hydrogen) atoms. The SMILES string of the molecule is CC[C@]1(O)C[C@@H]2CN(CCc3c([nH]c4ccccc34)[C@@](C(=O)OC)(c3cc4c(cc3OC)N(C)[C@H]3[C@@](O)(C(=O)OC)[C@H](OC(C)=O)[C@]5(CC)C=CCN6CC[C@]43[C@@H]65)C2)C1.C[C@]12CC[C@@H]3c4ccc(OC(=O)N(CCCl)CCCl)cc4CC[C@H]3[C@@H]1CC[C@@H]2O. The molecular weight excluding hydrogens is 1160 g/mol. The highest BCUT2D eigenvalue weighted by atomic mass is 35.5. The van der Waals surface area contributed by atoms with Crippen LogP contribution in [-0.4, -0.2) is 180 Å². The first kappa shape index (κ1) is 62.8. The Hall–Kier alpha value is -5.40. The quantitative estimate of drug-likeness (QED) is 0.0452. The molecule has 6 heterocycles. The van der Waals surface area contributed by atoms with Crippen LogP contribution in [0.15, 0.2) is 66.7 Å². The fraction of sp³-hybridized carbons (Fsp3) is 0.623. The van der Waals surface area contributed by atoms with Gasteiger partial charge in [0.2, 0.25) is 5.60 Å². The van der Waals surface area contributed by atoms with Gasteiger partial charge in [-0.3, -0.25) is 19.4 Å². The zero-order chi connectivity index (χ0) is 62.5. The number of hydrogen-bond donors (Lipinski definition) is 4. The summed E-state index contributed by atoms with van der Waals surface area (Å²) in [5.41, 5.74) is 1.20. The minimum absolute atomic E-state index is 0.0986. The summed E-state index contributed by atoms with van der Waals surface area (Å²) >= 11 is 11.6. The lowest BCUT2D eigenvalue weighted by atomic mass is 9.47. The molecule has 9 aliphatic rings. The smallest absolute Gasteiger partial charge is 0.415 e. The van der Waals surface area contributed by atoms with Crippen molar-refractivity contribution in [2.24, 2.45) is 28.6 Å². The highest BCUT2D eigenvalue weighted by molar-refractivity contribution is 6.18. The number of likely N-dealkylation sites (N-methyl/N-ethyl adjacent to an activating group) is 1. The molecule has 4 aliphatic carbocycles. The summed E-state index contributed by atoms with van der Waals surface area (Å²) in [6.45, 7) is 11.8. The summed E-state index contributed by atoms with van der Waals surface area (Å²) in [6.07, 6.45) is 11.9. The molecule has 5 aliphatic heterocycles. The van der Waals surface area contributed by atoms with Crippen molar-refractivity contribution in [3.05, 3.63) is 100 Å². The Morgan fingerprint density at radius 3 is 2.32 bits per heavy atom. The zero-order valence-electron chi connectivity index (χ0n) is 52.4. The Balaban J connectivity index is 0.000000217. The van der Waals surface area contributed by atoms with E-state index in [1.54, 1.807) is 12.0 Å². The summed E-state index contributed by atoms with van der Waals surface area (Å²) < 4.78 is 29.6. The Morgan fingerprint density at radius 1 is 0.852 bits per heavy atom. The van der Waals surface area contributed by atoms with E-state index < -0.39 is 63.6 Å². The van der Waals surface area contributed by atoms with E-state index in [1.165, 1.54) is 32.3 Å². The number of nitrogens with one attached hydrogen (secondary N) is 1. The van der Waals surface area contributed by atoms with Crippen molar-refractivity contribution in [3.63, 3.8) is 0 Å². The molecule has 2 bridgehead atoms. The average molecular weight is 1250 g/mol. The van der Waals surface area contributed by atoms with Crippen molar-refractivity contribution in [1.82, 2.24) is 19.7 Å². The van der Waals surface area contributed by atoms with Gasteiger partial charge in [-0.05, 0) is 159 Å². The van der Waals surface area contributed by atoms with Gasteiger partial charge in [-0.2, -0.15) is 0 Å². The van der Waals surface area contributed by atoms with E-state index >= 15 is 4.79 Å². The Kier molecular flexibility index (Phi) is 16.9. The van der Waals surface area contributed by atoms with E-state index in [2.05, 4.69) is 52.1 Å². The molecule has 1 amide bonds. The Bertz CT molecular complexity index is 3390. The number of ether oxygens (including phenoxy) is 5. The van der Waals surface area contributed by atoms with Crippen LogP contribution in [0.3, 0.4) is 0 Å². The van der Waals surface area contributed by atoms with Crippen LogP contribution in [0.4, 0.5) is 10.5 Å². The highest BCUT2D eigenvalue weighted by Gasteiger charge is 2.80. The molecule has 1 spiro atoms. The first-order chi connectivity index (χ1) is 42.2. The highest BCUT2D eigenvalue weighted by Crippen LogP contribution is 2.69. The van der Waals surface area contributed by atoms with Crippen LogP contribution in [0.25, 0.3) is 10.9 Å². The van der Waals surface area contributed by atoms with E-state index in [9.17, 15) is 29.7 Å². The van der Waals surface area contributed by atoms with Crippen LogP contribution < -0.4 is 14.4 Å². The van der Waals surface area contributed by atoms with Gasteiger partial charge in [0.25, 0.3) is 0 Å². The third-order valence-electron chi connectivity index (χ3n) is 23.4. The van der Waals surface area contributed by atoms with E-state index in [-0.39, 0.29) is 23.5 Å². The van der Waals surface area contributed by atoms with Crippen LogP contribution in [0.5, 0.6) is 11.5 Å². The van der Waals surface area contributed by atoms with Gasteiger partial charge in [0, 0.05) is 116 Å². The first-order valence-electron chi connectivity index (χ1n) is 32.1. The maximum absolute atomic E-state index is 15.3. The summed E-state index contributed by atoms with van der Waals surface area (Å²) in [7, 11) is 6.15. The number of nitrogens with zero attached hydrogens (tertiary/aromatic N) is 4. The number of carbonyl (C=O) groups excluding carboxylic acids is 4. The second-order valence-corrected chi connectivity index (χ2v) is 28.1. The molecule has 5 fully saturated rings. The van der Waals surface area contributed by atoms with Crippen LogP contribution in [0.1, 0.15) is 131 Å². The second kappa shape index (κ2) is 23.7. The molecule has 4 aromatic rings. The van der Waals surface area contributed by atoms with E-state index in [0.717, 1.165) is 71.9 Å². The van der Waals surface area contributed by atoms with Gasteiger partial charge in [-0.1, -0.05) is 57.2 Å². The van der Waals surface area contributed by atoms with Crippen LogP contribution in [0.2, 0.25) is 0 Å². The number of amides is 1. The molecular formula is C69H89Cl2N5O12. The summed E-state index contributed by atoms with van der Waals surface area (Å²) in [5, 5.41) is 36.9. The van der Waals surface area contributed by atoms with Gasteiger partial charge >= 0.3 is 24.0 Å². The van der Waals surface area contributed by atoms with Crippen molar-refractivity contribution >= 4 is 63.8 Å². The molecule has 1 aromatic heterocycles. The number of aliphatic hydroxyl groups excluding tert-OH is 1. The van der Waals surface area contributed by atoms with Crippen molar-refractivity contribution in [1.29, 1.82) is 0 Å². The molecule has 15 atom stereocenters. The normalized spacial score (nSPS) is 35.6. The number of aliphatic hydroxyl groups is 3. The molecule has 17 nitrogen and oxygen atoms in total. The van der Waals surface area contributed by atoms with Crippen LogP contribution in [0, 0.1) is 28.6 Å². The van der Waals surface area contributed by atoms with E-state index in [0.29, 0.717) is 131 Å². The predicted molar refractivity (Wildman–Crippen MR) is 337 cm³/mol. The third-order valence-corrected chi connectivity index (χ3v) is 23.8. The van der Waals surface area contributed by atoms with Crippen LogP contribution >= 0.6 is 23.2 Å². The number of anilines is 1. The lowest BCUT2D eigenvalue weighted by molar-refractivity contribution is -0.228. The third kappa shape index (κ3) is 9.52. The van der Waals surface area contributed by atoms with Gasteiger partial charge in [-0.25, -0.2) is 9.59 Å². The maximum atomic E-state index is 15.3. The number of aryl methyl sites for hydroxylation is 1. The molecule has 2 saturated heterocycles. The number of rotatable bonds is 12. The number of hydrogen-bond acceptors (Lipinski definition) is 15. The molecule has 0 radical (unpaired) electrons. The number of esters is 3. The molecule has 1 unspecified atom stereocenters. The zero-order valence-corrected chi connectivity index (χ0v) is 53.9. The fourth-order valence-corrected chi connectivity index (χ4v) is 20.2. The average Bonchev–Trinajstić information content (AvgIpc) is 1.46.